The molecule has 230 valence electrons. The molecule has 7 heteroatoms. The predicted octanol–water partition coefficient (Wildman–Crippen LogP) is 6.69. The van der Waals surface area contributed by atoms with E-state index in [4.69, 9.17) is 9.47 Å². The molecule has 3 heterocycles. The Morgan fingerprint density at radius 3 is 2.28 bits per heavy atom. The molecule has 1 saturated heterocycles. The first kappa shape index (κ1) is 31.2. The van der Waals surface area contributed by atoms with Crippen LogP contribution in [-0.4, -0.2) is 67.2 Å². The number of likely N-dealkylation sites (tertiary alicyclic amines) is 1. The highest BCUT2D eigenvalue weighted by atomic mass is 16.5. The van der Waals surface area contributed by atoms with Crippen molar-refractivity contribution in [3.05, 3.63) is 77.6 Å². The van der Waals surface area contributed by atoms with Crippen molar-refractivity contribution < 1.29 is 14.3 Å². The number of fused-ring (bicyclic) bond motifs is 1. The van der Waals surface area contributed by atoms with Crippen molar-refractivity contribution in [1.29, 1.82) is 0 Å². The fourth-order valence-electron chi connectivity index (χ4n) is 6.46. The van der Waals surface area contributed by atoms with Crippen LogP contribution in [0, 0.1) is 0 Å². The minimum atomic E-state index is 0.0158. The lowest BCUT2D eigenvalue weighted by Crippen LogP contribution is -2.36. The summed E-state index contributed by atoms with van der Waals surface area (Å²) in [6, 6.07) is 17.4. The molecule has 2 aliphatic rings. The second kappa shape index (κ2) is 16.0. The first-order chi connectivity index (χ1) is 21.1. The Hall–Kier alpha value is -3.26. The number of nitrogens with zero attached hydrogens (tertiary/aromatic N) is 4. The summed E-state index contributed by atoms with van der Waals surface area (Å²) in [7, 11) is 1.60. The van der Waals surface area contributed by atoms with Gasteiger partial charge in [0.25, 0.3) is 5.91 Å². The van der Waals surface area contributed by atoms with Gasteiger partial charge >= 0.3 is 0 Å². The largest absolute Gasteiger partial charge is 0.494 e. The van der Waals surface area contributed by atoms with Crippen LogP contribution in [0.1, 0.15) is 68.6 Å². The molecule has 2 aromatic carbocycles. The van der Waals surface area contributed by atoms with Gasteiger partial charge < -0.3 is 14.4 Å². The van der Waals surface area contributed by atoms with Crippen molar-refractivity contribution in [3.8, 4) is 16.9 Å². The molecule has 0 bridgehead atoms. The molecule has 1 aromatic heterocycles. The number of ether oxygens (including phenoxy) is 2. The maximum atomic E-state index is 13.3. The number of hydrogen-bond donors (Lipinski definition) is 0. The first-order valence-corrected chi connectivity index (χ1v) is 16.2. The normalized spacial score (nSPS) is 17.2. The smallest absolute Gasteiger partial charge is 0.252 e. The Labute approximate surface area is 257 Å². The van der Waals surface area contributed by atoms with Gasteiger partial charge in [0.15, 0.2) is 0 Å². The molecule has 5 rings (SSSR count). The first-order valence-electron chi connectivity index (χ1n) is 16.2. The summed E-state index contributed by atoms with van der Waals surface area (Å²) >= 11 is 0. The molecule has 0 spiro atoms. The highest BCUT2D eigenvalue weighted by Crippen LogP contribution is 2.31. The quantitative estimate of drug-likeness (QED) is 0.279. The van der Waals surface area contributed by atoms with Crippen molar-refractivity contribution in [3.63, 3.8) is 0 Å². The second-order valence-corrected chi connectivity index (χ2v) is 11.9. The van der Waals surface area contributed by atoms with Gasteiger partial charge in [-0.1, -0.05) is 31.4 Å². The lowest BCUT2D eigenvalue weighted by atomic mass is 10.00. The summed E-state index contributed by atoms with van der Waals surface area (Å²) < 4.78 is 11.3. The second-order valence-electron chi connectivity index (χ2n) is 11.9. The van der Waals surface area contributed by atoms with Gasteiger partial charge in [0, 0.05) is 56.9 Å². The number of hydrogen-bond acceptors (Lipinski definition) is 6. The molecule has 1 fully saturated rings. The summed E-state index contributed by atoms with van der Waals surface area (Å²) in [6.45, 7) is 9.43. The van der Waals surface area contributed by atoms with Crippen LogP contribution in [0.3, 0.4) is 0 Å². The zero-order valence-corrected chi connectivity index (χ0v) is 26.1. The molecular weight excluding hydrogens is 536 g/mol. The number of carbonyl (C=O) groups is 1. The third-order valence-electron chi connectivity index (χ3n) is 8.63. The fraction of sp³-hybridized carbons (Fsp3) is 0.500. The van der Waals surface area contributed by atoms with Crippen LogP contribution in [0.5, 0.6) is 5.75 Å². The number of aromatic nitrogens is 1. The van der Waals surface area contributed by atoms with E-state index in [1.807, 2.05) is 29.4 Å². The maximum Gasteiger partial charge on any atom is 0.252 e. The number of rotatable bonds is 9. The molecule has 0 aliphatic carbocycles. The topological polar surface area (TPSA) is 58.1 Å². The van der Waals surface area contributed by atoms with E-state index in [-0.39, 0.29) is 12.5 Å². The molecule has 0 atom stereocenters. The Morgan fingerprint density at radius 1 is 0.791 bits per heavy atom. The van der Waals surface area contributed by atoms with Crippen LogP contribution in [0.2, 0.25) is 0 Å². The van der Waals surface area contributed by atoms with E-state index >= 15 is 0 Å². The molecule has 0 radical (unpaired) electrons. The predicted molar refractivity (Wildman–Crippen MR) is 173 cm³/mol. The highest BCUT2D eigenvalue weighted by molar-refractivity contribution is 5.95. The molecule has 2 aliphatic heterocycles. The van der Waals surface area contributed by atoms with Gasteiger partial charge in [-0.05, 0) is 111 Å². The third kappa shape index (κ3) is 8.65. The average molecular weight is 585 g/mol. The number of carbonyl (C=O) groups excluding carboxylic acids is 1. The molecule has 0 saturated carbocycles. The van der Waals surface area contributed by atoms with E-state index < -0.39 is 0 Å². The van der Waals surface area contributed by atoms with Gasteiger partial charge in [-0.3, -0.25) is 19.6 Å². The summed E-state index contributed by atoms with van der Waals surface area (Å²) in [5.74, 6) is 1.02. The van der Waals surface area contributed by atoms with Crippen LogP contribution in [0.25, 0.3) is 11.1 Å². The van der Waals surface area contributed by atoms with Gasteiger partial charge in [-0.25, -0.2) is 0 Å². The molecular formula is C36H48N4O3. The number of benzene rings is 2. The minimum absolute atomic E-state index is 0.0158. The lowest BCUT2D eigenvalue weighted by Gasteiger charge is -2.30. The van der Waals surface area contributed by atoms with E-state index in [2.05, 4.69) is 58.1 Å². The van der Waals surface area contributed by atoms with E-state index in [0.29, 0.717) is 13.2 Å². The van der Waals surface area contributed by atoms with Crippen molar-refractivity contribution in [2.75, 3.05) is 51.4 Å². The minimum Gasteiger partial charge on any atom is -0.494 e. The van der Waals surface area contributed by atoms with Crippen molar-refractivity contribution in [2.24, 2.45) is 0 Å². The zero-order chi connectivity index (χ0) is 29.9. The van der Waals surface area contributed by atoms with E-state index in [9.17, 15) is 4.79 Å². The molecule has 7 nitrogen and oxygen atoms in total. The summed E-state index contributed by atoms with van der Waals surface area (Å²) in [6.07, 6.45) is 11.9. The molecule has 43 heavy (non-hydrogen) atoms. The van der Waals surface area contributed by atoms with Gasteiger partial charge in [-0.15, -0.1) is 0 Å². The van der Waals surface area contributed by atoms with Crippen LogP contribution >= 0.6 is 0 Å². The van der Waals surface area contributed by atoms with E-state index in [1.165, 1.54) is 48.8 Å². The average Bonchev–Trinajstić information content (AvgIpc) is 3.53. The van der Waals surface area contributed by atoms with Crippen molar-refractivity contribution in [2.45, 2.75) is 71.5 Å². The summed E-state index contributed by atoms with van der Waals surface area (Å²) in [5, 5.41) is 0. The summed E-state index contributed by atoms with van der Waals surface area (Å²) in [4.78, 5) is 24.6. The molecule has 0 N–H and O–H groups in total. The number of amides is 1. The zero-order valence-electron chi connectivity index (χ0n) is 26.1. The number of methoxy groups -OCH3 is 1. The van der Waals surface area contributed by atoms with Gasteiger partial charge in [-0.2, -0.15) is 0 Å². The Morgan fingerprint density at radius 2 is 1.51 bits per heavy atom. The van der Waals surface area contributed by atoms with Crippen molar-refractivity contribution in [1.82, 2.24) is 14.8 Å². The Kier molecular flexibility index (Phi) is 11.6. The molecule has 0 unspecified atom stereocenters. The highest BCUT2D eigenvalue weighted by Gasteiger charge is 2.22. The SMILES string of the molecule is CCOc1ccc(CN2CCCCCCCN(C(=O)COC)c3ccc(-c4ccncc4)cc3C2)cc1CN1CCCC1. The maximum absolute atomic E-state index is 13.3. The third-order valence-corrected chi connectivity index (χ3v) is 8.63. The van der Waals surface area contributed by atoms with Gasteiger partial charge in [0.05, 0.1) is 6.61 Å². The van der Waals surface area contributed by atoms with Gasteiger partial charge in [0.2, 0.25) is 0 Å². The van der Waals surface area contributed by atoms with Crippen LogP contribution in [-0.2, 0) is 29.2 Å². The number of pyridine rings is 1. The fourth-order valence-corrected chi connectivity index (χ4v) is 6.46. The van der Waals surface area contributed by atoms with E-state index in [0.717, 1.165) is 74.7 Å². The standard InChI is InChI=1S/C36H48N4O3/c1-3-43-35-14-11-29(23-33(35)27-38-19-9-10-20-38)25-39-21-7-5-4-6-8-22-40(36(41)28-42-2)34-13-12-31(24-32(34)26-39)30-15-17-37-18-16-30/h11-18,23-24H,3-10,19-22,25-28H2,1-2H3. The van der Waals surface area contributed by atoms with Crippen LogP contribution < -0.4 is 9.64 Å². The van der Waals surface area contributed by atoms with Crippen molar-refractivity contribution >= 4 is 11.6 Å². The van der Waals surface area contributed by atoms with Crippen LogP contribution in [0.4, 0.5) is 5.69 Å². The summed E-state index contributed by atoms with van der Waals surface area (Å²) in [5.41, 5.74) is 7.02. The van der Waals surface area contributed by atoms with Crippen LogP contribution in [0.15, 0.2) is 60.9 Å². The molecule has 3 aromatic rings. The van der Waals surface area contributed by atoms with E-state index in [1.54, 1.807) is 7.11 Å². The van der Waals surface area contributed by atoms with Gasteiger partial charge in [0.1, 0.15) is 12.4 Å². The Balaban J connectivity index is 1.48. The molecule has 1 amide bonds. The Bertz CT molecular complexity index is 1310. The lowest BCUT2D eigenvalue weighted by molar-refractivity contribution is -0.122. The monoisotopic (exact) mass is 584 g/mol. The number of anilines is 1.